The van der Waals surface area contributed by atoms with Crippen LogP contribution in [-0.4, -0.2) is 48.9 Å². The molecule has 0 spiro atoms. The molecule has 0 saturated heterocycles. The SMILES string of the molecule is CC(C)N(CC(N)=O)CC(=O)NCCN. The summed E-state index contributed by atoms with van der Waals surface area (Å²) in [6.07, 6.45) is 0. The first kappa shape index (κ1) is 13.9. The van der Waals surface area contributed by atoms with Gasteiger partial charge in [0.25, 0.3) is 0 Å². The van der Waals surface area contributed by atoms with Crippen LogP contribution in [0.4, 0.5) is 0 Å². The van der Waals surface area contributed by atoms with Crippen molar-refractivity contribution >= 4 is 11.8 Å². The van der Waals surface area contributed by atoms with Crippen LogP contribution in [0.3, 0.4) is 0 Å². The summed E-state index contributed by atoms with van der Waals surface area (Å²) in [5, 5.41) is 2.63. The minimum absolute atomic E-state index is 0.0910. The van der Waals surface area contributed by atoms with E-state index in [1.54, 1.807) is 4.90 Å². The van der Waals surface area contributed by atoms with Gasteiger partial charge in [-0.05, 0) is 13.8 Å². The van der Waals surface area contributed by atoms with E-state index in [0.29, 0.717) is 13.1 Å². The number of rotatable bonds is 7. The van der Waals surface area contributed by atoms with Crippen LogP contribution >= 0.6 is 0 Å². The number of carbonyl (C=O) groups excluding carboxylic acids is 2. The third-order valence-electron chi connectivity index (χ3n) is 1.90. The van der Waals surface area contributed by atoms with Gasteiger partial charge in [0.15, 0.2) is 0 Å². The van der Waals surface area contributed by atoms with E-state index in [2.05, 4.69) is 5.32 Å². The highest BCUT2D eigenvalue weighted by atomic mass is 16.2. The van der Waals surface area contributed by atoms with Crippen LogP contribution in [0.15, 0.2) is 0 Å². The number of nitrogens with one attached hydrogen (secondary N) is 1. The molecule has 0 rings (SSSR count). The Morgan fingerprint density at radius 1 is 1.33 bits per heavy atom. The average Bonchev–Trinajstić information content (AvgIpc) is 2.12. The maximum atomic E-state index is 11.3. The Morgan fingerprint density at radius 3 is 2.33 bits per heavy atom. The molecule has 6 nitrogen and oxygen atoms in total. The Balaban J connectivity index is 4.04. The fourth-order valence-corrected chi connectivity index (χ4v) is 1.07. The van der Waals surface area contributed by atoms with E-state index < -0.39 is 5.91 Å². The highest BCUT2D eigenvalue weighted by Gasteiger charge is 2.15. The first-order valence-electron chi connectivity index (χ1n) is 4.96. The summed E-state index contributed by atoms with van der Waals surface area (Å²) >= 11 is 0. The average molecular weight is 216 g/mol. The van der Waals surface area contributed by atoms with Gasteiger partial charge in [0.1, 0.15) is 0 Å². The van der Waals surface area contributed by atoms with Crippen LogP contribution in [0.2, 0.25) is 0 Å². The van der Waals surface area contributed by atoms with E-state index >= 15 is 0 Å². The molecule has 0 aromatic carbocycles. The van der Waals surface area contributed by atoms with E-state index in [-0.39, 0.29) is 25.0 Å². The lowest BCUT2D eigenvalue weighted by Crippen LogP contribution is -2.45. The van der Waals surface area contributed by atoms with Crippen LogP contribution in [0.1, 0.15) is 13.8 Å². The molecule has 0 fully saturated rings. The Labute approximate surface area is 90.0 Å². The highest BCUT2D eigenvalue weighted by molar-refractivity contribution is 5.80. The van der Waals surface area contributed by atoms with E-state index in [1.165, 1.54) is 0 Å². The summed E-state index contributed by atoms with van der Waals surface area (Å²) in [7, 11) is 0. The van der Waals surface area contributed by atoms with Crippen LogP contribution in [-0.2, 0) is 9.59 Å². The minimum atomic E-state index is -0.435. The molecule has 0 radical (unpaired) electrons. The minimum Gasteiger partial charge on any atom is -0.369 e. The third-order valence-corrected chi connectivity index (χ3v) is 1.90. The molecule has 0 unspecified atom stereocenters. The molecule has 0 aromatic rings. The lowest BCUT2D eigenvalue weighted by molar-refractivity contribution is -0.124. The first-order valence-corrected chi connectivity index (χ1v) is 4.96. The number of carbonyl (C=O) groups is 2. The summed E-state index contributed by atoms with van der Waals surface area (Å²) in [6.45, 7) is 4.91. The number of nitrogens with two attached hydrogens (primary N) is 2. The van der Waals surface area contributed by atoms with Crippen molar-refractivity contribution in [1.82, 2.24) is 10.2 Å². The van der Waals surface area contributed by atoms with Gasteiger partial charge in [0.05, 0.1) is 13.1 Å². The molecule has 0 aliphatic rings. The highest BCUT2D eigenvalue weighted by Crippen LogP contribution is 1.96. The van der Waals surface area contributed by atoms with Crippen molar-refractivity contribution in [2.75, 3.05) is 26.2 Å². The fourth-order valence-electron chi connectivity index (χ4n) is 1.07. The Hall–Kier alpha value is -1.14. The zero-order valence-corrected chi connectivity index (χ0v) is 9.32. The monoisotopic (exact) mass is 216 g/mol. The summed E-state index contributed by atoms with van der Waals surface area (Å²) < 4.78 is 0. The Morgan fingerprint density at radius 2 is 1.93 bits per heavy atom. The quantitative estimate of drug-likeness (QED) is 0.470. The molecule has 6 heteroatoms. The number of amides is 2. The van der Waals surface area contributed by atoms with Crippen LogP contribution in [0, 0.1) is 0 Å². The summed E-state index contributed by atoms with van der Waals surface area (Å²) in [4.78, 5) is 23.8. The van der Waals surface area contributed by atoms with Crippen molar-refractivity contribution in [1.29, 1.82) is 0 Å². The Bertz CT molecular complexity index is 218. The van der Waals surface area contributed by atoms with Gasteiger partial charge in [-0.15, -0.1) is 0 Å². The molecular weight excluding hydrogens is 196 g/mol. The van der Waals surface area contributed by atoms with Crippen molar-refractivity contribution in [3.05, 3.63) is 0 Å². The van der Waals surface area contributed by atoms with Gasteiger partial charge >= 0.3 is 0 Å². The zero-order chi connectivity index (χ0) is 11.8. The molecule has 0 aromatic heterocycles. The van der Waals surface area contributed by atoms with Crippen molar-refractivity contribution in [2.24, 2.45) is 11.5 Å². The van der Waals surface area contributed by atoms with Crippen LogP contribution in [0.25, 0.3) is 0 Å². The van der Waals surface area contributed by atoms with E-state index in [4.69, 9.17) is 11.5 Å². The van der Waals surface area contributed by atoms with Gasteiger partial charge in [-0.3, -0.25) is 14.5 Å². The largest absolute Gasteiger partial charge is 0.369 e. The molecule has 0 saturated carbocycles. The zero-order valence-electron chi connectivity index (χ0n) is 9.32. The second kappa shape index (κ2) is 7.19. The van der Waals surface area contributed by atoms with Crippen molar-refractivity contribution in [2.45, 2.75) is 19.9 Å². The van der Waals surface area contributed by atoms with Gasteiger partial charge in [-0.2, -0.15) is 0 Å². The summed E-state index contributed by atoms with van der Waals surface area (Å²) in [5.74, 6) is -0.578. The second-order valence-corrected chi connectivity index (χ2v) is 3.60. The maximum Gasteiger partial charge on any atom is 0.234 e. The third kappa shape index (κ3) is 6.87. The van der Waals surface area contributed by atoms with E-state index in [1.807, 2.05) is 13.8 Å². The molecule has 0 aliphatic heterocycles. The molecule has 0 atom stereocenters. The van der Waals surface area contributed by atoms with Gasteiger partial charge in [0.2, 0.25) is 11.8 Å². The fraction of sp³-hybridized carbons (Fsp3) is 0.778. The molecule has 0 heterocycles. The topological polar surface area (TPSA) is 101 Å². The maximum absolute atomic E-state index is 11.3. The Kier molecular flexibility index (Phi) is 6.64. The molecular formula is C9H20N4O2. The summed E-state index contributed by atoms with van der Waals surface area (Å²) in [5.41, 5.74) is 10.3. The first-order chi connectivity index (χ1) is 6.97. The molecule has 0 bridgehead atoms. The van der Waals surface area contributed by atoms with Crippen molar-refractivity contribution < 1.29 is 9.59 Å². The molecule has 5 N–H and O–H groups in total. The number of hydrogen-bond acceptors (Lipinski definition) is 4. The lowest BCUT2D eigenvalue weighted by Gasteiger charge is -2.24. The normalized spacial score (nSPS) is 10.7. The predicted molar refractivity (Wildman–Crippen MR) is 58.0 cm³/mol. The number of nitrogens with zero attached hydrogens (tertiary/aromatic N) is 1. The summed E-state index contributed by atoms with van der Waals surface area (Å²) in [6, 6.07) is 0.0983. The van der Waals surface area contributed by atoms with E-state index in [0.717, 1.165) is 0 Å². The molecule has 88 valence electrons. The standard InChI is InChI=1S/C9H20N4O2/c1-7(2)13(5-8(11)14)6-9(15)12-4-3-10/h7H,3-6,10H2,1-2H3,(H2,11,14)(H,12,15). The lowest BCUT2D eigenvalue weighted by atomic mass is 10.3. The molecule has 0 aliphatic carbocycles. The molecule has 2 amide bonds. The molecule has 15 heavy (non-hydrogen) atoms. The van der Waals surface area contributed by atoms with Gasteiger partial charge in [0, 0.05) is 19.1 Å². The van der Waals surface area contributed by atoms with Crippen LogP contribution < -0.4 is 16.8 Å². The second-order valence-electron chi connectivity index (χ2n) is 3.60. The number of primary amides is 1. The van der Waals surface area contributed by atoms with E-state index in [9.17, 15) is 9.59 Å². The van der Waals surface area contributed by atoms with Gasteiger partial charge < -0.3 is 16.8 Å². The van der Waals surface area contributed by atoms with Gasteiger partial charge in [-0.25, -0.2) is 0 Å². The smallest absolute Gasteiger partial charge is 0.234 e. The van der Waals surface area contributed by atoms with Gasteiger partial charge in [-0.1, -0.05) is 0 Å². The number of hydrogen-bond donors (Lipinski definition) is 3. The van der Waals surface area contributed by atoms with Crippen LogP contribution in [0.5, 0.6) is 0 Å². The predicted octanol–water partition coefficient (Wildman–Crippen LogP) is -1.74. The van der Waals surface area contributed by atoms with Crippen molar-refractivity contribution in [3.8, 4) is 0 Å². The van der Waals surface area contributed by atoms with Crippen molar-refractivity contribution in [3.63, 3.8) is 0 Å².